The third kappa shape index (κ3) is 5.08. The summed E-state index contributed by atoms with van der Waals surface area (Å²) in [6.45, 7) is 2.96. The molecule has 0 heterocycles. The Bertz CT molecular complexity index is 633. The summed E-state index contributed by atoms with van der Waals surface area (Å²) in [5.41, 5.74) is 9.94. The van der Waals surface area contributed by atoms with E-state index in [0.29, 0.717) is 17.8 Å². The largest absolute Gasteiger partial charge is 0.392 e. The summed E-state index contributed by atoms with van der Waals surface area (Å²) in [6, 6.07) is 8.76. The van der Waals surface area contributed by atoms with E-state index < -0.39 is 0 Å². The van der Waals surface area contributed by atoms with Crippen molar-refractivity contribution in [3.05, 3.63) is 59.2 Å². The van der Waals surface area contributed by atoms with E-state index in [1.54, 1.807) is 5.57 Å². The van der Waals surface area contributed by atoms with E-state index in [4.69, 9.17) is 5.73 Å². The molecule has 4 atom stereocenters. The maximum atomic E-state index is 10.5. The molecule has 3 rings (SSSR count). The van der Waals surface area contributed by atoms with Crippen molar-refractivity contribution < 1.29 is 5.11 Å². The van der Waals surface area contributed by atoms with Crippen molar-refractivity contribution in [3.63, 3.8) is 0 Å². The minimum absolute atomic E-state index is 0.157. The van der Waals surface area contributed by atoms with Crippen LogP contribution in [-0.4, -0.2) is 17.8 Å². The third-order valence-electron chi connectivity index (χ3n) is 6.19. The molecular weight excluding hydrogens is 318 g/mol. The van der Waals surface area contributed by atoms with Crippen LogP contribution in [0.15, 0.2) is 48.1 Å². The van der Waals surface area contributed by atoms with Crippen LogP contribution in [0.2, 0.25) is 0 Å². The van der Waals surface area contributed by atoms with Gasteiger partial charge >= 0.3 is 0 Å². The Morgan fingerprint density at radius 1 is 1.19 bits per heavy atom. The minimum atomic E-state index is -0.157. The summed E-state index contributed by atoms with van der Waals surface area (Å²) in [5, 5.41) is 10.5. The van der Waals surface area contributed by atoms with Crippen LogP contribution in [0.5, 0.6) is 0 Å². The number of hydrogen-bond acceptors (Lipinski definition) is 2. The summed E-state index contributed by atoms with van der Waals surface area (Å²) in [5.74, 6) is 1.57. The van der Waals surface area contributed by atoms with Crippen LogP contribution in [0.3, 0.4) is 0 Å². The van der Waals surface area contributed by atoms with Crippen LogP contribution in [0, 0.1) is 24.7 Å². The molecule has 0 spiro atoms. The van der Waals surface area contributed by atoms with Gasteiger partial charge in [-0.3, -0.25) is 0 Å². The molecular formula is C24H35NO. The van der Waals surface area contributed by atoms with Crippen LogP contribution in [0.1, 0.15) is 56.1 Å². The molecule has 0 saturated heterocycles. The van der Waals surface area contributed by atoms with Gasteiger partial charge in [-0.1, -0.05) is 60.1 Å². The van der Waals surface area contributed by atoms with Gasteiger partial charge in [0.25, 0.3) is 0 Å². The first-order valence-electron chi connectivity index (χ1n) is 10.5. The quantitative estimate of drug-likeness (QED) is 0.487. The lowest BCUT2D eigenvalue weighted by Crippen LogP contribution is -2.17. The van der Waals surface area contributed by atoms with Crippen molar-refractivity contribution in [3.8, 4) is 0 Å². The Hall–Kier alpha value is -1.38. The molecule has 1 fully saturated rings. The van der Waals surface area contributed by atoms with Gasteiger partial charge in [0.1, 0.15) is 0 Å². The number of fused-ring (bicyclic) bond motifs is 1. The second-order valence-corrected chi connectivity index (χ2v) is 8.29. The normalized spacial score (nSPS) is 27.9. The van der Waals surface area contributed by atoms with Crippen LogP contribution < -0.4 is 5.73 Å². The number of aliphatic hydroxyl groups excluding tert-OH is 1. The lowest BCUT2D eigenvalue weighted by Gasteiger charge is -2.18. The highest BCUT2D eigenvalue weighted by Crippen LogP contribution is 2.48. The maximum absolute atomic E-state index is 10.5. The topological polar surface area (TPSA) is 46.2 Å². The smallest absolute Gasteiger partial charge is 0.0611 e. The zero-order chi connectivity index (χ0) is 18.4. The van der Waals surface area contributed by atoms with Crippen molar-refractivity contribution >= 4 is 0 Å². The van der Waals surface area contributed by atoms with Gasteiger partial charge in [0.05, 0.1) is 6.10 Å². The maximum Gasteiger partial charge on any atom is 0.0611 e. The van der Waals surface area contributed by atoms with Gasteiger partial charge in [-0.15, -0.1) is 0 Å². The van der Waals surface area contributed by atoms with E-state index in [1.807, 2.05) is 0 Å². The van der Waals surface area contributed by atoms with E-state index in [2.05, 4.69) is 49.4 Å². The lowest BCUT2D eigenvalue weighted by molar-refractivity contribution is 0.141. The molecule has 2 nitrogen and oxygen atoms in total. The Morgan fingerprint density at radius 3 is 2.88 bits per heavy atom. The third-order valence-corrected chi connectivity index (χ3v) is 6.19. The molecule has 26 heavy (non-hydrogen) atoms. The number of hydrogen-bond donors (Lipinski definition) is 2. The Morgan fingerprint density at radius 2 is 2.08 bits per heavy atom. The molecule has 0 aliphatic heterocycles. The first-order valence-corrected chi connectivity index (χ1v) is 10.5. The molecule has 0 unspecified atom stereocenters. The van der Waals surface area contributed by atoms with Gasteiger partial charge < -0.3 is 10.8 Å². The Balaban J connectivity index is 1.47. The van der Waals surface area contributed by atoms with Crippen molar-refractivity contribution in [1.29, 1.82) is 0 Å². The number of rotatable bonds is 9. The van der Waals surface area contributed by atoms with E-state index in [-0.39, 0.29) is 6.10 Å². The summed E-state index contributed by atoms with van der Waals surface area (Å²) >= 11 is 0. The fourth-order valence-corrected chi connectivity index (χ4v) is 4.83. The highest BCUT2D eigenvalue weighted by atomic mass is 16.3. The molecule has 1 aromatic rings. The number of allylic oxidation sites excluding steroid dienone is 3. The molecule has 2 aliphatic carbocycles. The summed E-state index contributed by atoms with van der Waals surface area (Å²) < 4.78 is 0. The number of nitrogens with two attached hydrogens (primary N) is 1. The molecule has 0 bridgehead atoms. The fraction of sp³-hybridized carbons (Fsp3) is 0.583. The molecule has 0 radical (unpaired) electrons. The zero-order valence-electron chi connectivity index (χ0n) is 16.2. The lowest BCUT2D eigenvalue weighted by atomic mass is 9.88. The van der Waals surface area contributed by atoms with Gasteiger partial charge in [0.2, 0.25) is 0 Å². The Labute approximate surface area is 159 Å². The first-order chi connectivity index (χ1) is 12.7. The van der Waals surface area contributed by atoms with E-state index in [9.17, 15) is 5.11 Å². The summed E-state index contributed by atoms with van der Waals surface area (Å²) in [4.78, 5) is 0. The van der Waals surface area contributed by atoms with Gasteiger partial charge in [0, 0.05) is 5.92 Å². The van der Waals surface area contributed by atoms with Crippen molar-refractivity contribution in [2.45, 2.75) is 64.4 Å². The summed E-state index contributed by atoms with van der Waals surface area (Å²) in [6.07, 6.45) is 16.1. The molecule has 2 heteroatoms. The van der Waals surface area contributed by atoms with Crippen molar-refractivity contribution in [2.75, 3.05) is 6.54 Å². The Kier molecular flexibility index (Phi) is 7.10. The van der Waals surface area contributed by atoms with Crippen LogP contribution in [-0.2, 0) is 6.42 Å². The first kappa shape index (κ1) is 19.4. The van der Waals surface area contributed by atoms with Gasteiger partial charge in [0.15, 0.2) is 0 Å². The molecule has 3 N–H and O–H groups in total. The average Bonchev–Trinajstić information content (AvgIpc) is 3.13. The second-order valence-electron chi connectivity index (χ2n) is 8.29. The van der Waals surface area contributed by atoms with Gasteiger partial charge in [-0.25, -0.2) is 0 Å². The number of aryl methyl sites for hydroxylation is 2. The van der Waals surface area contributed by atoms with Crippen LogP contribution in [0.25, 0.3) is 0 Å². The predicted molar refractivity (Wildman–Crippen MR) is 110 cm³/mol. The van der Waals surface area contributed by atoms with Gasteiger partial charge in [-0.2, -0.15) is 0 Å². The van der Waals surface area contributed by atoms with Crippen molar-refractivity contribution in [2.24, 2.45) is 23.5 Å². The average molecular weight is 354 g/mol. The zero-order valence-corrected chi connectivity index (χ0v) is 16.2. The van der Waals surface area contributed by atoms with Crippen LogP contribution in [0.4, 0.5) is 0 Å². The fourth-order valence-electron chi connectivity index (χ4n) is 4.83. The SMILES string of the molecule is Cc1cccc(CC/C=C/[C@@H]2[C@H]3CC(CCCCCN)=C[C@H]3C[C@H]2O)c1. The number of aliphatic hydroxyl groups is 1. The standard InChI is InChI=1S/C24H35NO/c1-18-8-7-11-19(14-18)9-4-5-12-22-23-16-20(10-3-2-6-13-25)15-21(23)17-24(22)26/h5,7-8,11-12,14-15,21-24,26H,2-4,6,9-10,13,16-17,25H2,1H3/b12-5+/t21-,22+,23-,24+/m0/s1. The van der Waals surface area contributed by atoms with E-state index in [1.165, 1.54) is 36.8 Å². The predicted octanol–water partition coefficient (Wildman–Crippen LogP) is 4.95. The summed E-state index contributed by atoms with van der Waals surface area (Å²) in [7, 11) is 0. The van der Waals surface area contributed by atoms with Gasteiger partial charge in [-0.05, 0) is 75.8 Å². The highest BCUT2D eigenvalue weighted by molar-refractivity contribution is 5.23. The van der Waals surface area contributed by atoms with Crippen molar-refractivity contribution in [1.82, 2.24) is 0 Å². The van der Waals surface area contributed by atoms with Crippen LogP contribution >= 0.6 is 0 Å². The molecule has 1 aromatic carbocycles. The number of benzene rings is 1. The number of unbranched alkanes of at least 4 members (excludes halogenated alkanes) is 2. The second kappa shape index (κ2) is 9.53. The monoisotopic (exact) mass is 353 g/mol. The van der Waals surface area contributed by atoms with E-state index >= 15 is 0 Å². The molecule has 0 aromatic heterocycles. The molecule has 0 amide bonds. The molecule has 142 valence electrons. The highest BCUT2D eigenvalue weighted by Gasteiger charge is 2.42. The minimum Gasteiger partial charge on any atom is -0.392 e. The molecule has 2 aliphatic rings. The van der Waals surface area contributed by atoms with E-state index in [0.717, 1.165) is 32.2 Å². The molecule has 1 saturated carbocycles.